The summed E-state index contributed by atoms with van der Waals surface area (Å²) in [6.45, 7) is 2.28. The van der Waals surface area contributed by atoms with E-state index in [4.69, 9.17) is 5.84 Å². The SMILES string of the molecule is CC1CC1C(NN)c1ccccc1. The summed E-state index contributed by atoms with van der Waals surface area (Å²) in [6.07, 6.45) is 1.30. The molecule has 0 aromatic heterocycles. The third-order valence-electron chi connectivity index (χ3n) is 2.94. The van der Waals surface area contributed by atoms with E-state index in [2.05, 4.69) is 36.6 Å². The molecule has 2 heteroatoms. The van der Waals surface area contributed by atoms with Crippen molar-refractivity contribution in [1.29, 1.82) is 0 Å². The van der Waals surface area contributed by atoms with Gasteiger partial charge in [-0.05, 0) is 23.8 Å². The van der Waals surface area contributed by atoms with Gasteiger partial charge in [0.05, 0.1) is 0 Å². The van der Waals surface area contributed by atoms with Gasteiger partial charge < -0.3 is 0 Å². The number of nitrogens with two attached hydrogens (primary N) is 1. The smallest absolute Gasteiger partial charge is 0.0490 e. The van der Waals surface area contributed by atoms with E-state index in [-0.39, 0.29) is 0 Å². The summed E-state index contributed by atoms with van der Waals surface area (Å²) in [5.41, 5.74) is 4.22. The minimum atomic E-state index is 0.344. The second-order valence-electron chi connectivity index (χ2n) is 3.93. The Morgan fingerprint density at radius 1 is 1.38 bits per heavy atom. The quantitative estimate of drug-likeness (QED) is 0.545. The Bertz CT molecular complexity index is 271. The van der Waals surface area contributed by atoms with Crippen LogP contribution in [-0.4, -0.2) is 0 Å². The Balaban J connectivity index is 2.13. The van der Waals surface area contributed by atoms with Gasteiger partial charge in [0.2, 0.25) is 0 Å². The van der Waals surface area contributed by atoms with Gasteiger partial charge in [-0.2, -0.15) is 0 Å². The molecule has 3 atom stereocenters. The zero-order valence-electron chi connectivity index (χ0n) is 7.90. The molecular formula is C11H16N2. The molecule has 1 aromatic rings. The molecule has 0 aliphatic heterocycles. The van der Waals surface area contributed by atoms with Gasteiger partial charge in [0.1, 0.15) is 0 Å². The first-order valence-electron chi connectivity index (χ1n) is 4.84. The second kappa shape index (κ2) is 3.48. The molecule has 70 valence electrons. The van der Waals surface area contributed by atoms with E-state index in [1.165, 1.54) is 12.0 Å². The molecule has 0 bridgehead atoms. The molecule has 1 fully saturated rings. The van der Waals surface area contributed by atoms with Gasteiger partial charge in [-0.3, -0.25) is 11.3 Å². The molecule has 1 aromatic carbocycles. The van der Waals surface area contributed by atoms with Crippen LogP contribution in [0, 0.1) is 11.8 Å². The Morgan fingerprint density at radius 2 is 2.00 bits per heavy atom. The van der Waals surface area contributed by atoms with Gasteiger partial charge in [0.15, 0.2) is 0 Å². The van der Waals surface area contributed by atoms with Crippen LogP contribution in [0.15, 0.2) is 30.3 Å². The summed E-state index contributed by atoms with van der Waals surface area (Å²) < 4.78 is 0. The van der Waals surface area contributed by atoms with Crippen molar-refractivity contribution in [2.24, 2.45) is 17.7 Å². The first-order chi connectivity index (χ1) is 6.33. The van der Waals surface area contributed by atoms with E-state index in [1.807, 2.05) is 6.07 Å². The van der Waals surface area contributed by atoms with E-state index in [1.54, 1.807) is 0 Å². The summed E-state index contributed by atoms with van der Waals surface area (Å²) in [4.78, 5) is 0. The van der Waals surface area contributed by atoms with Crippen molar-refractivity contribution < 1.29 is 0 Å². The zero-order valence-corrected chi connectivity index (χ0v) is 7.90. The van der Waals surface area contributed by atoms with Gasteiger partial charge in [-0.25, -0.2) is 0 Å². The highest BCUT2D eigenvalue weighted by Gasteiger charge is 2.39. The predicted octanol–water partition coefficient (Wildman–Crippen LogP) is 1.85. The van der Waals surface area contributed by atoms with Crippen molar-refractivity contribution in [3.05, 3.63) is 35.9 Å². The maximum absolute atomic E-state index is 5.56. The normalized spacial score (nSPS) is 28.5. The van der Waals surface area contributed by atoms with Crippen LogP contribution in [-0.2, 0) is 0 Å². The fourth-order valence-electron chi connectivity index (χ4n) is 1.94. The topological polar surface area (TPSA) is 38.0 Å². The highest BCUT2D eigenvalue weighted by Crippen LogP contribution is 2.46. The third kappa shape index (κ3) is 1.74. The average Bonchev–Trinajstić information content (AvgIpc) is 2.86. The molecule has 3 unspecified atom stereocenters. The van der Waals surface area contributed by atoms with E-state index in [0.29, 0.717) is 6.04 Å². The molecule has 1 aliphatic rings. The van der Waals surface area contributed by atoms with Gasteiger partial charge in [0, 0.05) is 6.04 Å². The average molecular weight is 176 g/mol. The minimum Gasteiger partial charge on any atom is -0.271 e. The molecule has 0 radical (unpaired) electrons. The van der Waals surface area contributed by atoms with Gasteiger partial charge in [-0.1, -0.05) is 37.3 Å². The Labute approximate surface area is 79.1 Å². The number of benzene rings is 1. The molecule has 0 heterocycles. The summed E-state index contributed by atoms with van der Waals surface area (Å²) in [5.74, 6) is 7.11. The van der Waals surface area contributed by atoms with E-state index in [0.717, 1.165) is 11.8 Å². The van der Waals surface area contributed by atoms with E-state index < -0.39 is 0 Å². The molecule has 2 nitrogen and oxygen atoms in total. The summed E-state index contributed by atoms with van der Waals surface area (Å²) in [5, 5.41) is 0. The van der Waals surface area contributed by atoms with Crippen molar-refractivity contribution in [3.63, 3.8) is 0 Å². The molecule has 1 saturated carbocycles. The third-order valence-corrected chi connectivity index (χ3v) is 2.94. The summed E-state index contributed by atoms with van der Waals surface area (Å²) in [7, 11) is 0. The van der Waals surface area contributed by atoms with E-state index in [9.17, 15) is 0 Å². The first-order valence-corrected chi connectivity index (χ1v) is 4.84. The minimum absolute atomic E-state index is 0.344. The largest absolute Gasteiger partial charge is 0.271 e. The van der Waals surface area contributed by atoms with Gasteiger partial charge in [0.25, 0.3) is 0 Å². The lowest BCUT2D eigenvalue weighted by atomic mass is 10.0. The number of hydrogen-bond acceptors (Lipinski definition) is 2. The zero-order chi connectivity index (χ0) is 9.26. The molecule has 13 heavy (non-hydrogen) atoms. The fraction of sp³-hybridized carbons (Fsp3) is 0.455. The highest BCUT2D eigenvalue weighted by molar-refractivity contribution is 5.21. The summed E-state index contributed by atoms with van der Waals surface area (Å²) >= 11 is 0. The second-order valence-corrected chi connectivity index (χ2v) is 3.93. The van der Waals surface area contributed by atoms with Crippen molar-refractivity contribution in [2.75, 3.05) is 0 Å². The lowest BCUT2D eigenvalue weighted by Gasteiger charge is -2.15. The van der Waals surface area contributed by atoms with Crippen LogP contribution in [0.2, 0.25) is 0 Å². The Morgan fingerprint density at radius 3 is 2.46 bits per heavy atom. The van der Waals surface area contributed by atoms with Gasteiger partial charge >= 0.3 is 0 Å². The number of nitrogens with one attached hydrogen (secondary N) is 1. The van der Waals surface area contributed by atoms with Crippen molar-refractivity contribution in [3.8, 4) is 0 Å². The molecular weight excluding hydrogens is 160 g/mol. The fourth-order valence-corrected chi connectivity index (χ4v) is 1.94. The van der Waals surface area contributed by atoms with Gasteiger partial charge in [-0.15, -0.1) is 0 Å². The molecule has 0 spiro atoms. The Kier molecular flexibility index (Phi) is 2.34. The Hall–Kier alpha value is -0.860. The molecule has 2 rings (SSSR count). The van der Waals surface area contributed by atoms with Crippen LogP contribution in [0.5, 0.6) is 0 Å². The highest BCUT2D eigenvalue weighted by atomic mass is 15.2. The maximum Gasteiger partial charge on any atom is 0.0490 e. The van der Waals surface area contributed by atoms with Crippen LogP contribution >= 0.6 is 0 Å². The number of rotatable bonds is 3. The molecule has 0 saturated heterocycles. The molecule has 0 amide bonds. The number of hydrazine groups is 1. The molecule has 3 N–H and O–H groups in total. The molecule has 1 aliphatic carbocycles. The van der Waals surface area contributed by atoms with Crippen LogP contribution < -0.4 is 11.3 Å². The van der Waals surface area contributed by atoms with Crippen LogP contribution in [0.3, 0.4) is 0 Å². The first kappa shape index (κ1) is 8.73. The standard InChI is InChI=1S/C11H16N2/c1-8-7-10(8)11(13-12)9-5-3-2-4-6-9/h2-6,8,10-11,13H,7,12H2,1H3. The van der Waals surface area contributed by atoms with Crippen LogP contribution in [0.4, 0.5) is 0 Å². The van der Waals surface area contributed by atoms with Crippen LogP contribution in [0.1, 0.15) is 24.9 Å². The maximum atomic E-state index is 5.56. The number of hydrogen-bond donors (Lipinski definition) is 2. The van der Waals surface area contributed by atoms with Crippen LogP contribution in [0.25, 0.3) is 0 Å². The monoisotopic (exact) mass is 176 g/mol. The lowest BCUT2D eigenvalue weighted by molar-refractivity contribution is 0.476. The van der Waals surface area contributed by atoms with Crippen molar-refractivity contribution >= 4 is 0 Å². The predicted molar refractivity (Wildman–Crippen MR) is 53.8 cm³/mol. The lowest BCUT2D eigenvalue weighted by Crippen LogP contribution is -2.29. The van der Waals surface area contributed by atoms with E-state index >= 15 is 0 Å². The van der Waals surface area contributed by atoms with Crippen molar-refractivity contribution in [2.45, 2.75) is 19.4 Å². The summed E-state index contributed by atoms with van der Waals surface area (Å²) in [6, 6.07) is 10.8. The van der Waals surface area contributed by atoms with Crippen molar-refractivity contribution in [1.82, 2.24) is 5.43 Å².